The SMILES string of the molecule is CO[C@@H]1COCC[C@H]1NC(=O)c1cc(C(C)C)n2ncnc2n1. The molecule has 8 heteroatoms. The van der Waals surface area contributed by atoms with E-state index in [2.05, 4.69) is 20.4 Å². The summed E-state index contributed by atoms with van der Waals surface area (Å²) in [5.74, 6) is 0.395. The zero-order valence-corrected chi connectivity index (χ0v) is 13.5. The summed E-state index contributed by atoms with van der Waals surface area (Å²) in [6, 6.07) is 1.68. The number of rotatable bonds is 4. The van der Waals surface area contributed by atoms with Gasteiger partial charge >= 0.3 is 0 Å². The maximum atomic E-state index is 12.6. The molecule has 1 aliphatic heterocycles. The van der Waals surface area contributed by atoms with E-state index < -0.39 is 0 Å². The Morgan fingerprint density at radius 2 is 2.35 bits per heavy atom. The summed E-state index contributed by atoms with van der Waals surface area (Å²) in [5, 5.41) is 7.15. The van der Waals surface area contributed by atoms with Gasteiger partial charge < -0.3 is 14.8 Å². The molecule has 1 amide bonds. The molecule has 0 radical (unpaired) electrons. The lowest BCUT2D eigenvalue weighted by Crippen LogP contribution is -2.49. The molecule has 0 aliphatic carbocycles. The van der Waals surface area contributed by atoms with Crippen LogP contribution < -0.4 is 5.32 Å². The van der Waals surface area contributed by atoms with Crippen LogP contribution in [-0.2, 0) is 9.47 Å². The quantitative estimate of drug-likeness (QED) is 0.895. The predicted molar refractivity (Wildman–Crippen MR) is 82.4 cm³/mol. The lowest BCUT2D eigenvalue weighted by atomic mass is 10.1. The largest absolute Gasteiger partial charge is 0.379 e. The Morgan fingerprint density at radius 3 is 3.09 bits per heavy atom. The van der Waals surface area contributed by atoms with Crippen LogP contribution >= 0.6 is 0 Å². The normalized spacial score (nSPS) is 21.7. The molecule has 2 aromatic rings. The minimum Gasteiger partial charge on any atom is -0.379 e. The van der Waals surface area contributed by atoms with Crippen LogP contribution in [0, 0.1) is 0 Å². The van der Waals surface area contributed by atoms with Gasteiger partial charge in [0.25, 0.3) is 11.7 Å². The molecular weight excluding hydrogens is 298 g/mol. The molecule has 23 heavy (non-hydrogen) atoms. The van der Waals surface area contributed by atoms with Crippen molar-refractivity contribution in [2.45, 2.75) is 38.3 Å². The smallest absolute Gasteiger partial charge is 0.270 e. The first kappa shape index (κ1) is 15.8. The zero-order valence-electron chi connectivity index (χ0n) is 13.5. The van der Waals surface area contributed by atoms with Crippen LogP contribution in [0.4, 0.5) is 0 Å². The Kier molecular flexibility index (Phi) is 4.53. The van der Waals surface area contributed by atoms with E-state index in [0.29, 0.717) is 31.1 Å². The standard InChI is InChI=1S/C15H21N5O3/c1-9(2)12-6-11(19-15-16-8-17-20(12)15)14(21)18-10-4-5-23-7-13(10)22-3/h6,8-10,13H,4-5,7H2,1-3H3,(H,18,21)/t10-,13-/m1/s1. The van der Waals surface area contributed by atoms with Gasteiger partial charge in [0.1, 0.15) is 18.1 Å². The Balaban J connectivity index is 1.85. The number of ether oxygens (including phenoxy) is 2. The van der Waals surface area contributed by atoms with Crippen LogP contribution in [0.1, 0.15) is 42.4 Å². The molecule has 1 aliphatic rings. The second kappa shape index (κ2) is 6.59. The van der Waals surface area contributed by atoms with Gasteiger partial charge in [-0.3, -0.25) is 4.79 Å². The average molecular weight is 319 g/mol. The van der Waals surface area contributed by atoms with Crippen LogP contribution in [0.2, 0.25) is 0 Å². The van der Waals surface area contributed by atoms with Gasteiger partial charge in [0.15, 0.2) is 0 Å². The third kappa shape index (κ3) is 3.18. The van der Waals surface area contributed by atoms with Crippen molar-refractivity contribution in [1.29, 1.82) is 0 Å². The highest BCUT2D eigenvalue weighted by Crippen LogP contribution is 2.16. The first-order valence-electron chi connectivity index (χ1n) is 7.72. The fourth-order valence-electron chi connectivity index (χ4n) is 2.71. The molecule has 0 bridgehead atoms. The summed E-state index contributed by atoms with van der Waals surface area (Å²) in [4.78, 5) is 21.0. The van der Waals surface area contributed by atoms with E-state index in [0.717, 1.165) is 5.69 Å². The Bertz CT molecular complexity index is 699. The third-order valence-corrected chi connectivity index (χ3v) is 4.03. The number of fused-ring (bicyclic) bond motifs is 1. The minimum atomic E-state index is -0.230. The molecule has 3 rings (SSSR count). The monoisotopic (exact) mass is 319 g/mol. The van der Waals surface area contributed by atoms with Crippen molar-refractivity contribution in [2.75, 3.05) is 20.3 Å². The van der Waals surface area contributed by atoms with Gasteiger partial charge in [-0.15, -0.1) is 0 Å². The van der Waals surface area contributed by atoms with E-state index >= 15 is 0 Å². The van der Waals surface area contributed by atoms with Crippen molar-refractivity contribution in [3.8, 4) is 0 Å². The fourth-order valence-corrected chi connectivity index (χ4v) is 2.71. The summed E-state index contributed by atoms with van der Waals surface area (Å²) in [7, 11) is 1.62. The Hall–Kier alpha value is -2.06. The lowest BCUT2D eigenvalue weighted by Gasteiger charge is -2.30. The van der Waals surface area contributed by atoms with E-state index in [1.54, 1.807) is 17.7 Å². The van der Waals surface area contributed by atoms with Crippen LogP contribution in [-0.4, -0.2) is 58.0 Å². The highest BCUT2D eigenvalue weighted by molar-refractivity contribution is 5.93. The summed E-state index contributed by atoms with van der Waals surface area (Å²) in [6.07, 6.45) is 2.01. The number of nitrogens with one attached hydrogen (secondary N) is 1. The van der Waals surface area contributed by atoms with Gasteiger partial charge in [0.2, 0.25) is 0 Å². The molecule has 0 aromatic carbocycles. The Morgan fingerprint density at radius 1 is 1.52 bits per heavy atom. The average Bonchev–Trinajstić information content (AvgIpc) is 3.02. The van der Waals surface area contributed by atoms with Gasteiger partial charge in [0.05, 0.1) is 18.3 Å². The predicted octanol–water partition coefficient (Wildman–Crippen LogP) is 0.781. The molecule has 1 N–H and O–H groups in total. The van der Waals surface area contributed by atoms with Gasteiger partial charge in [-0.2, -0.15) is 10.1 Å². The molecule has 2 atom stereocenters. The highest BCUT2D eigenvalue weighted by Gasteiger charge is 2.28. The van der Waals surface area contributed by atoms with Gasteiger partial charge in [-0.1, -0.05) is 13.8 Å². The molecule has 2 aromatic heterocycles. The minimum absolute atomic E-state index is 0.0837. The van der Waals surface area contributed by atoms with E-state index in [9.17, 15) is 4.79 Å². The van der Waals surface area contributed by atoms with Crippen LogP contribution in [0.15, 0.2) is 12.4 Å². The molecule has 0 saturated carbocycles. The molecule has 3 heterocycles. The Labute approximate surface area is 134 Å². The number of hydrogen-bond donors (Lipinski definition) is 1. The molecule has 0 spiro atoms. The van der Waals surface area contributed by atoms with Crippen molar-refractivity contribution in [2.24, 2.45) is 0 Å². The molecule has 1 saturated heterocycles. The maximum absolute atomic E-state index is 12.6. The van der Waals surface area contributed by atoms with Crippen LogP contribution in [0.5, 0.6) is 0 Å². The molecule has 124 valence electrons. The van der Waals surface area contributed by atoms with E-state index in [1.807, 2.05) is 13.8 Å². The van der Waals surface area contributed by atoms with Crippen molar-refractivity contribution in [3.05, 3.63) is 23.8 Å². The van der Waals surface area contributed by atoms with Crippen molar-refractivity contribution >= 4 is 11.7 Å². The van der Waals surface area contributed by atoms with Crippen LogP contribution in [0.3, 0.4) is 0 Å². The summed E-state index contributed by atoms with van der Waals surface area (Å²) in [5.41, 5.74) is 1.24. The number of nitrogens with zero attached hydrogens (tertiary/aromatic N) is 4. The molecule has 1 fully saturated rings. The van der Waals surface area contributed by atoms with Gasteiger partial charge in [-0.25, -0.2) is 9.50 Å². The zero-order chi connectivity index (χ0) is 16.4. The van der Waals surface area contributed by atoms with Gasteiger partial charge in [-0.05, 0) is 18.4 Å². The summed E-state index contributed by atoms with van der Waals surface area (Å²) < 4.78 is 12.4. The number of carbonyl (C=O) groups excluding carboxylic acids is 1. The molecule has 8 nitrogen and oxygen atoms in total. The maximum Gasteiger partial charge on any atom is 0.270 e. The van der Waals surface area contributed by atoms with E-state index in [-0.39, 0.29) is 24.0 Å². The lowest BCUT2D eigenvalue weighted by molar-refractivity contribution is -0.0479. The third-order valence-electron chi connectivity index (χ3n) is 4.03. The molecule has 0 unspecified atom stereocenters. The number of aromatic nitrogens is 4. The van der Waals surface area contributed by atoms with Crippen molar-refractivity contribution in [3.63, 3.8) is 0 Å². The van der Waals surface area contributed by atoms with E-state index in [4.69, 9.17) is 9.47 Å². The second-order valence-electron chi connectivity index (χ2n) is 5.91. The summed E-state index contributed by atoms with van der Waals surface area (Å²) in [6.45, 7) is 5.17. The number of methoxy groups -OCH3 is 1. The topological polar surface area (TPSA) is 90.6 Å². The second-order valence-corrected chi connectivity index (χ2v) is 5.91. The molecular formula is C15H21N5O3. The number of hydrogen-bond acceptors (Lipinski definition) is 6. The van der Waals surface area contributed by atoms with Crippen molar-refractivity contribution < 1.29 is 14.3 Å². The fraction of sp³-hybridized carbons (Fsp3) is 0.600. The van der Waals surface area contributed by atoms with Gasteiger partial charge in [0, 0.05) is 13.7 Å². The first-order valence-corrected chi connectivity index (χ1v) is 7.72. The first-order chi connectivity index (χ1) is 11.1. The van der Waals surface area contributed by atoms with Crippen LogP contribution in [0.25, 0.3) is 5.78 Å². The highest BCUT2D eigenvalue weighted by atomic mass is 16.5. The van der Waals surface area contributed by atoms with Crippen molar-refractivity contribution in [1.82, 2.24) is 24.9 Å². The van der Waals surface area contributed by atoms with E-state index in [1.165, 1.54) is 6.33 Å². The number of carbonyl (C=O) groups is 1. The number of amides is 1. The summed E-state index contributed by atoms with van der Waals surface area (Å²) >= 11 is 0.